The highest BCUT2D eigenvalue weighted by Crippen LogP contribution is 2.21. The fourth-order valence-corrected chi connectivity index (χ4v) is 1.63. The lowest BCUT2D eigenvalue weighted by Crippen LogP contribution is -2.24. The molecule has 0 heterocycles. The van der Waals surface area contributed by atoms with Crippen LogP contribution in [0.3, 0.4) is 0 Å². The van der Waals surface area contributed by atoms with Gasteiger partial charge in [0.1, 0.15) is 0 Å². The number of aliphatic hydroxyl groups excluding tert-OH is 1. The van der Waals surface area contributed by atoms with Crippen LogP contribution in [0.15, 0.2) is 18.2 Å². The molecule has 1 rings (SSSR count). The second-order valence-corrected chi connectivity index (χ2v) is 3.51. The van der Waals surface area contributed by atoms with Crippen molar-refractivity contribution >= 4 is 5.69 Å². The maximum absolute atomic E-state index is 9.28. The first kappa shape index (κ1) is 11.6. The third-order valence-electron chi connectivity index (χ3n) is 2.41. The molecule has 0 unspecified atom stereocenters. The predicted octanol–water partition coefficient (Wildman–Crippen LogP) is 1.95. The van der Waals surface area contributed by atoms with Crippen LogP contribution in [-0.4, -0.2) is 18.2 Å². The normalized spacial score (nSPS) is 9.73. The number of aryl methyl sites for hydroxylation is 1. The Hall–Kier alpha value is -1.46. The molecule has 0 saturated heterocycles. The maximum Gasteiger partial charge on any atom is 0.0791 e. The quantitative estimate of drug-likeness (QED) is 0.756. The highest BCUT2D eigenvalue weighted by molar-refractivity contribution is 5.55. The first-order chi connectivity index (χ1) is 7.22. The predicted molar refractivity (Wildman–Crippen MR) is 63.8 cm³/mol. The SMILES string of the molecule is C#CCN(CC)c1ccc(C)cc1CO. The summed E-state index contributed by atoms with van der Waals surface area (Å²) in [6.45, 7) is 5.55. The zero-order valence-corrected chi connectivity index (χ0v) is 9.33. The number of anilines is 1. The van der Waals surface area contributed by atoms with Gasteiger partial charge in [-0.25, -0.2) is 0 Å². The van der Waals surface area contributed by atoms with Crippen molar-refractivity contribution in [2.75, 3.05) is 18.0 Å². The third-order valence-corrected chi connectivity index (χ3v) is 2.41. The monoisotopic (exact) mass is 203 g/mol. The minimum Gasteiger partial charge on any atom is -0.392 e. The second kappa shape index (κ2) is 5.43. The van der Waals surface area contributed by atoms with E-state index in [0.717, 1.165) is 23.4 Å². The third kappa shape index (κ3) is 2.74. The minimum absolute atomic E-state index is 0.0537. The average Bonchev–Trinajstić information content (AvgIpc) is 2.26. The largest absolute Gasteiger partial charge is 0.392 e. The Balaban J connectivity index is 3.06. The molecule has 1 aromatic carbocycles. The lowest BCUT2D eigenvalue weighted by Gasteiger charge is -2.23. The molecular formula is C13H17NO. The molecule has 0 radical (unpaired) electrons. The van der Waals surface area contributed by atoms with E-state index >= 15 is 0 Å². The minimum atomic E-state index is 0.0537. The molecule has 0 aliphatic rings. The molecule has 0 aromatic heterocycles. The first-order valence-corrected chi connectivity index (χ1v) is 5.11. The maximum atomic E-state index is 9.28. The van der Waals surface area contributed by atoms with Crippen molar-refractivity contribution in [1.82, 2.24) is 0 Å². The van der Waals surface area contributed by atoms with Crippen LogP contribution < -0.4 is 4.90 Å². The molecular weight excluding hydrogens is 186 g/mol. The van der Waals surface area contributed by atoms with Gasteiger partial charge in [-0.05, 0) is 19.9 Å². The standard InChI is InChI=1S/C13H17NO/c1-4-8-14(5-2)13-7-6-11(3)9-12(13)10-15/h1,6-7,9,15H,5,8,10H2,2-3H3. The number of aliphatic hydroxyl groups is 1. The van der Waals surface area contributed by atoms with Crippen molar-refractivity contribution in [1.29, 1.82) is 0 Å². The molecule has 80 valence electrons. The van der Waals surface area contributed by atoms with E-state index in [1.165, 1.54) is 0 Å². The summed E-state index contributed by atoms with van der Waals surface area (Å²) < 4.78 is 0. The van der Waals surface area contributed by atoms with Gasteiger partial charge in [0.25, 0.3) is 0 Å². The van der Waals surface area contributed by atoms with Crippen LogP contribution in [0, 0.1) is 19.3 Å². The Morgan fingerprint density at radius 1 is 1.47 bits per heavy atom. The van der Waals surface area contributed by atoms with Gasteiger partial charge in [0, 0.05) is 17.8 Å². The van der Waals surface area contributed by atoms with Crippen LogP contribution in [0.5, 0.6) is 0 Å². The van der Waals surface area contributed by atoms with Crippen LogP contribution >= 0.6 is 0 Å². The van der Waals surface area contributed by atoms with Crippen LogP contribution in [0.1, 0.15) is 18.1 Å². The number of hydrogen-bond acceptors (Lipinski definition) is 2. The van der Waals surface area contributed by atoms with E-state index in [1.54, 1.807) is 0 Å². The molecule has 0 aliphatic heterocycles. The summed E-state index contributed by atoms with van der Waals surface area (Å²) in [6.07, 6.45) is 5.31. The molecule has 0 saturated carbocycles. The van der Waals surface area contributed by atoms with Gasteiger partial charge < -0.3 is 10.0 Å². The average molecular weight is 203 g/mol. The summed E-state index contributed by atoms with van der Waals surface area (Å²) in [6, 6.07) is 6.05. The van der Waals surface area contributed by atoms with Crippen molar-refractivity contribution < 1.29 is 5.11 Å². The van der Waals surface area contributed by atoms with Crippen LogP contribution in [0.2, 0.25) is 0 Å². The Labute approximate surface area is 91.5 Å². The highest BCUT2D eigenvalue weighted by atomic mass is 16.3. The Kier molecular flexibility index (Phi) is 4.20. The molecule has 1 aromatic rings. The van der Waals surface area contributed by atoms with Gasteiger partial charge in [-0.3, -0.25) is 0 Å². The Morgan fingerprint density at radius 3 is 2.73 bits per heavy atom. The van der Waals surface area contributed by atoms with Gasteiger partial charge in [0.05, 0.1) is 13.2 Å². The molecule has 1 N–H and O–H groups in total. The second-order valence-electron chi connectivity index (χ2n) is 3.51. The van der Waals surface area contributed by atoms with E-state index in [2.05, 4.69) is 17.7 Å². The first-order valence-electron chi connectivity index (χ1n) is 5.11. The number of terminal acetylenes is 1. The van der Waals surface area contributed by atoms with Gasteiger partial charge in [0.2, 0.25) is 0 Å². The lowest BCUT2D eigenvalue weighted by molar-refractivity contribution is 0.282. The van der Waals surface area contributed by atoms with Gasteiger partial charge in [0.15, 0.2) is 0 Å². The molecule has 15 heavy (non-hydrogen) atoms. The van der Waals surface area contributed by atoms with Crippen molar-refractivity contribution in [3.63, 3.8) is 0 Å². The smallest absolute Gasteiger partial charge is 0.0791 e. The van der Waals surface area contributed by atoms with Gasteiger partial charge in [-0.2, -0.15) is 0 Å². The Bertz CT molecular complexity index is 365. The van der Waals surface area contributed by atoms with Crippen molar-refractivity contribution in [3.05, 3.63) is 29.3 Å². The summed E-state index contributed by atoms with van der Waals surface area (Å²) in [5, 5.41) is 9.28. The van der Waals surface area contributed by atoms with Gasteiger partial charge in [-0.1, -0.05) is 23.6 Å². The van der Waals surface area contributed by atoms with E-state index in [-0.39, 0.29) is 6.61 Å². The molecule has 2 nitrogen and oxygen atoms in total. The van der Waals surface area contributed by atoms with Crippen LogP contribution in [0.25, 0.3) is 0 Å². The van der Waals surface area contributed by atoms with E-state index in [1.807, 2.05) is 25.1 Å². The van der Waals surface area contributed by atoms with E-state index in [0.29, 0.717) is 6.54 Å². The number of nitrogens with zero attached hydrogens (tertiary/aromatic N) is 1. The van der Waals surface area contributed by atoms with E-state index in [4.69, 9.17) is 6.42 Å². The molecule has 0 bridgehead atoms. The van der Waals surface area contributed by atoms with E-state index in [9.17, 15) is 5.11 Å². The van der Waals surface area contributed by atoms with Crippen LogP contribution in [0.4, 0.5) is 5.69 Å². The number of rotatable bonds is 4. The summed E-state index contributed by atoms with van der Waals surface area (Å²) in [5.74, 6) is 2.63. The number of benzene rings is 1. The summed E-state index contributed by atoms with van der Waals surface area (Å²) in [5.41, 5.74) is 3.12. The highest BCUT2D eigenvalue weighted by Gasteiger charge is 2.07. The Morgan fingerprint density at radius 2 is 2.20 bits per heavy atom. The summed E-state index contributed by atoms with van der Waals surface area (Å²) >= 11 is 0. The van der Waals surface area contributed by atoms with Gasteiger partial charge >= 0.3 is 0 Å². The fourth-order valence-electron chi connectivity index (χ4n) is 1.63. The summed E-state index contributed by atoms with van der Waals surface area (Å²) in [4.78, 5) is 2.07. The van der Waals surface area contributed by atoms with E-state index < -0.39 is 0 Å². The molecule has 0 spiro atoms. The van der Waals surface area contributed by atoms with Crippen molar-refractivity contribution in [3.8, 4) is 12.3 Å². The zero-order valence-electron chi connectivity index (χ0n) is 9.33. The number of hydrogen-bond donors (Lipinski definition) is 1. The molecule has 0 fully saturated rings. The summed E-state index contributed by atoms with van der Waals surface area (Å²) in [7, 11) is 0. The van der Waals surface area contributed by atoms with Crippen molar-refractivity contribution in [2.45, 2.75) is 20.5 Å². The van der Waals surface area contributed by atoms with Crippen molar-refractivity contribution in [2.24, 2.45) is 0 Å². The lowest BCUT2D eigenvalue weighted by atomic mass is 10.1. The zero-order chi connectivity index (χ0) is 11.3. The fraction of sp³-hybridized carbons (Fsp3) is 0.385. The molecule has 0 atom stereocenters. The van der Waals surface area contributed by atoms with Gasteiger partial charge in [-0.15, -0.1) is 6.42 Å². The topological polar surface area (TPSA) is 23.5 Å². The molecule has 0 amide bonds. The van der Waals surface area contributed by atoms with Crippen LogP contribution in [-0.2, 0) is 6.61 Å². The molecule has 2 heteroatoms. The molecule has 0 aliphatic carbocycles.